The molecule has 4 rings (SSSR count). The van der Waals surface area contributed by atoms with E-state index in [0.717, 1.165) is 18.5 Å². The molecule has 2 N–H and O–H groups in total. The summed E-state index contributed by atoms with van der Waals surface area (Å²) in [6.07, 6.45) is 1.44. The van der Waals surface area contributed by atoms with Crippen LogP contribution in [0.15, 0.2) is 48.5 Å². The van der Waals surface area contributed by atoms with Crippen molar-refractivity contribution in [1.82, 2.24) is 10.2 Å². The zero-order chi connectivity index (χ0) is 18.6. The molecule has 2 aliphatic rings. The summed E-state index contributed by atoms with van der Waals surface area (Å²) >= 11 is 0. The molecule has 0 spiro atoms. The number of para-hydroxylation sites is 1. The van der Waals surface area contributed by atoms with E-state index in [1.807, 2.05) is 30.3 Å². The average Bonchev–Trinajstić information content (AvgIpc) is 3.17. The first-order valence-electron chi connectivity index (χ1n) is 9.00. The monoisotopic (exact) mass is 367 g/mol. The Morgan fingerprint density at radius 1 is 0.963 bits per heavy atom. The molecule has 27 heavy (non-hydrogen) atoms. The molecule has 7 heteroatoms. The molecule has 0 atom stereocenters. The highest BCUT2D eigenvalue weighted by molar-refractivity contribution is 5.95. The van der Waals surface area contributed by atoms with Crippen LogP contribution in [0.3, 0.4) is 0 Å². The number of ether oxygens (including phenoxy) is 2. The Bertz CT molecular complexity index is 832. The molecule has 2 aliphatic heterocycles. The highest BCUT2D eigenvalue weighted by Crippen LogP contribution is 2.32. The molecule has 0 saturated carbocycles. The fourth-order valence-corrected chi connectivity index (χ4v) is 3.26. The number of carbonyl (C=O) groups excluding carboxylic acids is 2. The van der Waals surface area contributed by atoms with Gasteiger partial charge in [0.2, 0.25) is 6.79 Å². The maximum atomic E-state index is 12.5. The smallest absolute Gasteiger partial charge is 0.321 e. The lowest BCUT2D eigenvalue weighted by Gasteiger charge is -2.32. The lowest BCUT2D eigenvalue weighted by molar-refractivity contribution is 0.0919. The Hall–Kier alpha value is -3.22. The normalized spacial score (nSPS) is 16.1. The van der Waals surface area contributed by atoms with Gasteiger partial charge in [0, 0.05) is 30.4 Å². The summed E-state index contributed by atoms with van der Waals surface area (Å²) in [7, 11) is 0. The van der Waals surface area contributed by atoms with Gasteiger partial charge in [0.1, 0.15) is 0 Å². The molecule has 0 aliphatic carbocycles. The Labute approximate surface area is 157 Å². The van der Waals surface area contributed by atoms with Crippen molar-refractivity contribution >= 4 is 17.6 Å². The standard InChI is InChI=1S/C20H21N3O4/c24-19(14-6-7-17-18(12-14)27-13-26-17)21-16-8-10-23(11-9-16)20(25)22-15-4-2-1-3-5-15/h1-7,12,16H,8-11,13H2,(H,21,24)(H,22,25). The molecule has 0 aromatic heterocycles. The molecule has 1 fully saturated rings. The van der Waals surface area contributed by atoms with Crippen LogP contribution < -0.4 is 20.1 Å². The number of benzene rings is 2. The summed E-state index contributed by atoms with van der Waals surface area (Å²) in [6, 6.07) is 14.5. The minimum absolute atomic E-state index is 0.0451. The Morgan fingerprint density at radius 2 is 1.70 bits per heavy atom. The van der Waals surface area contributed by atoms with Gasteiger partial charge in [0.05, 0.1) is 0 Å². The van der Waals surface area contributed by atoms with Crippen LogP contribution >= 0.6 is 0 Å². The Morgan fingerprint density at radius 3 is 2.48 bits per heavy atom. The molecule has 7 nitrogen and oxygen atoms in total. The van der Waals surface area contributed by atoms with Gasteiger partial charge in [-0.25, -0.2) is 4.79 Å². The number of nitrogens with zero attached hydrogens (tertiary/aromatic N) is 1. The van der Waals surface area contributed by atoms with Gasteiger partial charge in [0.25, 0.3) is 5.91 Å². The lowest BCUT2D eigenvalue weighted by atomic mass is 10.0. The quantitative estimate of drug-likeness (QED) is 0.874. The Kier molecular flexibility index (Phi) is 4.82. The number of likely N-dealkylation sites (tertiary alicyclic amines) is 1. The van der Waals surface area contributed by atoms with Crippen LogP contribution in [0.2, 0.25) is 0 Å². The van der Waals surface area contributed by atoms with Crippen LogP contribution in [0.25, 0.3) is 0 Å². The van der Waals surface area contributed by atoms with Crippen molar-refractivity contribution < 1.29 is 19.1 Å². The number of piperidine rings is 1. The first kappa shape index (κ1) is 17.2. The summed E-state index contributed by atoms with van der Waals surface area (Å²) in [5.41, 5.74) is 1.32. The van der Waals surface area contributed by atoms with Crippen LogP contribution in [0.4, 0.5) is 10.5 Å². The van der Waals surface area contributed by atoms with Gasteiger partial charge in [-0.05, 0) is 43.2 Å². The largest absolute Gasteiger partial charge is 0.454 e. The van der Waals surface area contributed by atoms with Crippen molar-refractivity contribution in [3.05, 3.63) is 54.1 Å². The predicted molar refractivity (Wildman–Crippen MR) is 100 cm³/mol. The molecule has 2 heterocycles. The zero-order valence-corrected chi connectivity index (χ0v) is 14.8. The highest BCUT2D eigenvalue weighted by atomic mass is 16.7. The molecule has 3 amide bonds. The van der Waals surface area contributed by atoms with Crippen molar-refractivity contribution in [1.29, 1.82) is 0 Å². The number of rotatable bonds is 3. The minimum Gasteiger partial charge on any atom is -0.454 e. The molecule has 0 bridgehead atoms. The van der Waals surface area contributed by atoms with Crippen molar-refractivity contribution in [3.8, 4) is 11.5 Å². The van der Waals surface area contributed by atoms with E-state index in [0.29, 0.717) is 30.2 Å². The number of hydrogen-bond donors (Lipinski definition) is 2. The fraction of sp³-hybridized carbons (Fsp3) is 0.300. The number of amides is 3. The van der Waals surface area contributed by atoms with E-state index in [2.05, 4.69) is 10.6 Å². The van der Waals surface area contributed by atoms with Crippen LogP contribution in [0.5, 0.6) is 11.5 Å². The summed E-state index contributed by atoms with van der Waals surface area (Å²) in [5, 5.41) is 5.93. The molecule has 0 unspecified atom stereocenters. The minimum atomic E-state index is -0.138. The van der Waals surface area contributed by atoms with Gasteiger partial charge in [0.15, 0.2) is 11.5 Å². The number of fused-ring (bicyclic) bond motifs is 1. The average molecular weight is 367 g/mol. The number of nitrogens with one attached hydrogen (secondary N) is 2. The molecular weight excluding hydrogens is 346 g/mol. The maximum Gasteiger partial charge on any atom is 0.321 e. The second kappa shape index (κ2) is 7.57. The summed E-state index contributed by atoms with van der Waals surface area (Å²) in [6.45, 7) is 1.39. The number of urea groups is 1. The highest BCUT2D eigenvalue weighted by Gasteiger charge is 2.25. The Balaban J connectivity index is 1.28. The van der Waals surface area contributed by atoms with Gasteiger partial charge in [-0.2, -0.15) is 0 Å². The van der Waals surface area contributed by atoms with Crippen LogP contribution in [-0.4, -0.2) is 42.8 Å². The third kappa shape index (κ3) is 3.97. The molecule has 1 saturated heterocycles. The number of anilines is 1. The first-order chi connectivity index (χ1) is 13.2. The third-order valence-electron chi connectivity index (χ3n) is 4.78. The van der Waals surface area contributed by atoms with Crippen LogP contribution in [-0.2, 0) is 0 Å². The first-order valence-corrected chi connectivity index (χ1v) is 9.00. The summed E-state index contributed by atoms with van der Waals surface area (Å²) in [5.74, 6) is 1.11. The van der Waals surface area contributed by atoms with E-state index in [1.54, 1.807) is 23.1 Å². The molecule has 2 aromatic carbocycles. The van der Waals surface area contributed by atoms with Gasteiger partial charge in [-0.3, -0.25) is 4.79 Å². The van der Waals surface area contributed by atoms with Crippen molar-refractivity contribution in [2.45, 2.75) is 18.9 Å². The SMILES string of the molecule is O=C(NC1CCN(C(=O)Nc2ccccc2)CC1)c1ccc2c(c1)OCO2. The third-order valence-corrected chi connectivity index (χ3v) is 4.78. The number of carbonyl (C=O) groups is 2. The van der Waals surface area contributed by atoms with E-state index >= 15 is 0 Å². The summed E-state index contributed by atoms with van der Waals surface area (Å²) in [4.78, 5) is 26.6. The van der Waals surface area contributed by atoms with E-state index in [9.17, 15) is 9.59 Å². The van der Waals surface area contributed by atoms with Gasteiger partial charge in [-0.1, -0.05) is 18.2 Å². The van der Waals surface area contributed by atoms with Crippen LogP contribution in [0.1, 0.15) is 23.2 Å². The van der Waals surface area contributed by atoms with Gasteiger partial charge >= 0.3 is 6.03 Å². The van der Waals surface area contributed by atoms with Gasteiger partial charge in [-0.15, -0.1) is 0 Å². The lowest BCUT2D eigenvalue weighted by Crippen LogP contribution is -2.47. The van der Waals surface area contributed by atoms with E-state index in [4.69, 9.17) is 9.47 Å². The van der Waals surface area contributed by atoms with Gasteiger partial charge < -0.3 is 25.0 Å². The topological polar surface area (TPSA) is 79.9 Å². The van der Waals surface area contributed by atoms with E-state index < -0.39 is 0 Å². The fourth-order valence-electron chi connectivity index (χ4n) is 3.26. The van der Waals surface area contributed by atoms with Crippen molar-refractivity contribution in [2.75, 3.05) is 25.2 Å². The van der Waals surface area contributed by atoms with Crippen LogP contribution in [0, 0.1) is 0 Å². The molecule has 0 radical (unpaired) electrons. The predicted octanol–water partition coefficient (Wildman–Crippen LogP) is 2.84. The van der Waals surface area contributed by atoms with Crippen molar-refractivity contribution in [3.63, 3.8) is 0 Å². The second-order valence-corrected chi connectivity index (χ2v) is 6.60. The summed E-state index contributed by atoms with van der Waals surface area (Å²) < 4.78 is 10.6. The second-order valence-electron chi connectivity index (χ2n) is 6.60. The van der Waals surface area contributed by atoms with Crippen molar-refractivity contribution in [2.24, 2.45) is 0 Å². The molecule has 2 aromatic rings. The molecular formula is C20H21N3O4. The van der Waals surface area contributed by atoms with E-state index in [1.165, 1.54) is 0 Å². The van der Waals surface area contributed by atoms with E-state index in [-0.39, 0.29) is 24.8 Å². The molecule has 140 valence electrons. The maximum absolute atomic E-state index is 12.5. The number of hydrogen-bond acceptors (Lipinski definition) is 4. The zero-order valence-electron chi connectivity index (χ0n) is 14.8.